The molecule has 0 unspecified atom stereocenters. The van der Waals surface area contributed by atoms with Gasteiger partial charge in [-0.1, -0.05) is 37.3 Å². The van der Waals surface area contributed by atoms with Crippen molar-refractivity contribution in [2.45, 2.75) is 26.9 Å². The van der Waals surface area contributed by atoms with Crippen LogP contribution in [0.5, 0.6) is 5.75 Å². The second-order valence-electron chi connectivity index (χ2n) is 4.40. The molecule has 0 fully saturated rings. The van der Waals surface area contributed by atoms with Gasteiger partial charge >= 0.3 is 0 Å². The van der Waals surface area contributed by atoms with Crippen LogP contribution in [-0.2, 0) is 13.0 Å². The van der Waals surface area contributed by atoms with Crippen molar-refractivity contribution in [2.75, 3.05) is 0 Å². The first-order valence-corrected chi connectivity index (χ1v) is 6.16. The van der Waals surface area contributed by atoms with E-state index in [9.17, 15) is 4.39 Å². The van der Waals surface area contributed by atoms with Crippen molar-refractivity contribution in [1.29, 1.82) is 0 Å². The van der Waals surface area contributed by atoms with Crippen LogP contribution in [0.1, 0.15) is 23.6 Å². The first kappa shape index (κ1) is 12.6. The molecule has 0 atom stereocenters. The summed E-state index contributed by atoms with van der Waals surface area (Å²) in [6.45, 7) is 4.37. The SMILES string of the molecule is CCc1cccc(COc2ccc(C)cc2F)c1. The standard InChI is InChI=1S/C16H17FO/c1-3-13-5-4-6-14(10-13)11-18-16-8-7-12(2)9-15(16)17/h4-10H,3,11H2,1-2H3. The van der Waals surface area contributed by atoms with E-state index in [1.165, 1.54) is 11.6 Å². The minimum absolute atomic E-state index is 0.304. The number of halogens is 1. The first-order chi connectivity index (χ1) is 8.69. The zero-order valence-corrected chi connectivity index (χ0v) is 10.7. The van der Waals surface area contributed by atoms with E-state index in [1.807, 2.05) is 25.1 Å². The van der Waals surface area contributed by atoms with Crippen LogP contribution in [0.15, 0.2) is 42.5 Å². The lowest BCUT2D eigenvalue weighted by Crippen LogP contribution is -1.98. The maximum Gasteiger partial charge on any atom is 0.165 e. The van der Waals surface area contributed by atoms with E-state index < -0.39 is 0 Å². The van der Waals surface area contributed by atoms with Crippen LogP contribution in [0, 0.1) is 12.7 Å². The van der Waals surface area contributed by atoms with Gasteiger partial charge in [0.05, 0.1) is 0 Å². The van der Waals surface area contributed by atoms with E-state index in [4.69, 9.17) is 4.74 Å². The molecule has 0 radical (unpaired) electrons. The van der Waals surface area contributed by atoms with Crippen LogP contribution in [0.25, 0.3) is 0 Å². The first-order valence-electron chi connectivity index (χ1n) is 6.16. The van der Waals surface area contributed by atoms with Crippen LogP contribution in [-0.4, -0.2) is 0 Å². The van der Waals surface area contributed by atoms with Gasteiger partial charge in [-0.25, -0.2) is 4.39 Å². The molecule has 94 valence electrons. The summed E-state index contributed by atoms with van der Waals surface area (Å²) < 4.78 is 19.1. The average Bonchev–Trinajstić information content (AvgIpc) is 2.38. The zero-order chi connectivity index (χ0) is 13.0. The molecule has 0 N–H and O–H groups in total. The Balaban J connectivity index is 2.06. The number of hydrogen-bond acceptors (Lipinski definition) is 1. The number of rotatable bonds is 4. The molecule has 18 heavy (non-hydrogen) atoms. The Kier molecular flexibility index (Phi) is 3.98. The third-order valence-electron chi connectivity index (χ3n) is 2.88. The van der Waals surface area contributed by atoms with E-state index in [2.05, 4.69) is 19.1 Å². The summed E-state index contributed by atoms with van der Waals surface area (Å²) >= 11 is 0. The molecule has 0 amide bonds. The van der Waals surface area contributed by atoms with Gasteiger partial charge in [-0.3, -0.25) is 0 Å². The van der Waals surface area contributed by atoms with Crippen molar-refractivity contribution >= 4 is 0 Å². The van der Waals surface area contributed by atoms with Gasteiger partial charge in [-0.15, -0.1) is 0 Å². The Bertz CT molecular complexity index is 534. The lowest BCUT2D eigenvalue weighted by Gasteiger charge is -2.08. The van der Waals surface area contributed by atoms with Gasteiger partial charge in [0.15, 0.2) is 11.6 Å². The molecular weight excluding hydrogens is 227 g/mol. The molecule has 0 aliphatic rings. The number of benzene rings is 2. The molecule has 1 nitrogen and oxygen atoms in total. The van der Waals surface area contributed by atoms with Crippen molar-refractivity contribution in [3.63, 3.8) is 0 Å². The quantitative estimate of drug-likeness (QED) is 0.780. The Morgan fingerprint density at radius 2 is 1.83 bits per heavy atom. The molecule has 0 aliphatic carbocycles. The smallest absolute Gasteiger partial charge is 0.165 e. The molecule has 0 saturated carbocycles. The monoisotopic (exact) mass is 244 g/mol. The minimum Gasteiger partial charge on any atom is -0.486 e. The van der Waals surface area contributed by atoms with Gasteiger partial charge in [-0.2, -0.15) is 0 Å². The van der Waals surface area contributed by atoms with E-state index in [0.717, 1.165) is 17.5 Å². The van der Waals surface area contributed by atoms with E-state index in [0.29, 0.717) is 12.4 Å². The number of aryl methyl sites for hydroxylation is 2. The van der Waals surface area contributed by atoms with Crippen molar-refractivity contribution < 1.29 is 9.13 Å². The molecule has 2 heteroatoms. The highest BCUT2D eigenvalue weighted by Crippen LogP contribution is 2.19. The largest absolute Gasteiger partial charge is 0.486 e. The lowest BCUT2D eigenvalue weighted by atomic mass is 10.1. The van der Waals surface area contributed by atoms with Crippen LogP contribution < -0.4 is 4.74 Å². The predicted molar refractivity (Wildman–Crippen MR) is 71.3 cm³/mol. The highest BCUT2D eigenvalue weighted by atomic mass is 19.1. The Morgan fingerprint density at radius 3 is 2.56 bits per heavy atom. The summed E-state index contributed by atoms with van der Waals surface area (Å²) in [5.41, 5.74) is 3.22. The molecule has 0 saturated heterocycles. The summed E-state index contributed by atoms with van der Waals surface area (Å²) in [4.78, 5) is 0. The van der Waals surface area contributed by atoms with Crippen molar-refractivity contribution in [1.82, 2.24) is 0 Å². The van der Waals surface area contributed by atoms with E-state index in [1.54, 1.807) is 6.07 Å². The Labute approximate surface area is 107 Å². The van der Waals surface area contributed by atoms with Crippen molar-refractivity contribution in [3.05, 3.63) is 65.0 Å². The maximum absolute atomic E-state index is 13.6. The predicted octanol–water partition coefficient (Wildman–Crippen LogP) is 4.28. The molecule has 0 aliphatic heterocycles. The minimum atomic E-state index is -0.304. The van der Waals surface area contributed by atoms with Crippen LogP contribution in [0.2, 0.25) is 0 Å². The van der Waals surface area contributed by atoms with Crippen LogP contribution >= 0.6 is 0 Å². The molecule has 2 aromatic rings. The molecule has 0 aromatic heterocycles. The maximum atomic E-state index is 13.6. The van der Waals surface area contributed by atoms with Gasteiger partial charge in [0.2, 0.25) is 0 Å². The van der Waals surface area contributed by atoms with Crippen LogP contribution in [0.4, 0.5) is 4.39 Å². The molecular formula is C16H17FO. The molecule has 0 heterocycles. The fraction of sp³-hybridized carbons (Fsp3) is 0.250. The highest BCUT2D eigenvalue weighted by molar-refractivity contribution is 5.29. The Morgan fingerprint density at radius 1 is 1.06 bits per heavy atom. The Hall–Kier alpha value is -1.83. The van der Waals surface area contributed by atoms with E-state index in [-0.39, 0.29) is 5.82 Å². The van der Waals surface area contributed by atoms with Gasteiger partial charge in [0.25, 0.3) is 0 Å². The summed E-state index contributed by atoms with van der Waals surface area (Å²) in [5, 5.41) is 0. The third kappa shape index (κ3) is 3.10. The fourth-order valence-electron chi connectivity index (χ4n) is 1.82. The molecule has 0 spiro atoms. The molecule has 2 aromatic carbocycles. The van der Waals surface area contributed by atoms with E-state index >= 15 is 0 Å². The summed E-state index contributed by atoms with van der Waals surface area (Å²) in [6.07, 6.45) is 0.993. The highest BCUT2D eigenvalue weighted by Gasteiger charge is 2.03. The normalized spacial score (nSPS) is 10.4. The second kappa shape index (κ2) is 5.67. The summed E-state index contributed by atoms with van der Waals surface area (Å²) in [6, 6.07) is 13.2. The van der Waals surface area contributed by atoms with Gasteiger partial charge in [0.1, 0.15) is 6.61 Å². The summed E-state index contributed by atoms with van der Waals surface area (Å²) in [7, 11) is 0. The number of hydrogen-bond donors (Lipinski definition) is 0. The molecule has 0 bridgehead atoms. The van der Waals surface area contributed by atoms with Crippen LogP contribution in [0.3, 0.4) is 0 Å². The van der Waals surface area contributed by atoms with Gasteiger partial charge in [-0.05, 0) is 42.2 Å². The molecule has 2 rings (SSSR count). The zero-order valence-electron chi connectivity index (χ0n) is 10.7. The fourth-order valence-corrected chi connectivity index (χ4v) is 1.82. The third-order valence-corrected chi connectivity index (χ3v) is 2.88. The average molecular weight is 244 g/mol. The van der Waals surface area contributed by atoms with Gasteiger partial charge < -0.3 is 4.74 Å². The number of ether oxygens (including phenoxy) is 1. The second-order valence-corrected chi connectivity index (χ2v) is 4.40. The van der Waals surface area contributed by atoms with Crippen molar-refractivity contribution in [3.8, 4) is 5.75 Å². The van der Waals surface area contributed by atoms with Crippen molar-refractivity contribution in [2.24, 2.45) is 0 Å². The van der Waals surface area contributed by atoms with Gasteiger partial charge in [0, 0.05) is 0 Å². The lowest BCUT2D eigenvalue weighted by molar-refractivity contribution is 0.290. The topological polar surface area (TPSA) is 9.23 Å². The summed E-state index contributed by atoms with van der Waals surface area (Å²) in [5.74, 6) is 0.00384.